The largest absolute Gasteiger partial charge is 0.379 e. The normalized spacial score (nSPS) is 16.1. The average molecular weight is 477 g/mol. The number of hydrogen-bond acceptors (Lipinski definition) is 4. The standard InChI is InChI=1S/C23H33BrN4O2/c1-5-18(6-2)21(27-11-13-30-14-12-27)15-25-23(29)22-16(3)26-28(17(22)4)20-9-7-19(24)8-10-20/h7-10,18,21H,5-6,11-15H2,1-4H3,(H,25,29). The van der Waals surface area contributed by atoms with Gasteiger partial charge >= 0.3 is 0 Å². The van der Waals surface area contributed by atoms with Crippen LogP contribution in [0.15, 0.2) is 28.7 Å². The van der Waals surface area contributed by atoms with Crippen molar-refractivity contribution in [2.75, 3.05) is 32.8 Å². The second kappa shape index (κ2) is 10.6. The number of carbonyl (C=O) groups excluding carboxylic acids is 1. The van der Waals surface area contributed by atoms with Gasteiger partial charge < -0.3 is 10.1 Å². The van der Waals surface area contributed by atoms with Gasteiger partial charge in [-0.05, 0) is 44.0 Å². The van der Waals surface area contributed by atoms with Crippen molar-refractivity contribution in [3.8, 4) is 5.69 Å². The van der Waals surface area contributed by atoms with E-state index in [-0.39, 0.29) is 5.91 Å². The van der Waals surface area contributed by atoms with Gasteiger partial charge in [-0.2, -0.15) is 5.10 Å². The number of morpholine rings is 1. The third-order valence-electron chi connectivity index (χ3n) is 6.17. The molecule has 0 radical (unpaired) electrons. The van der Waals surface area contributed by atoms with E-state index >= 15 is 0 Å². The van der Waals surface area contributed by atoms with E-state index in [1.807, 2.05) is 42.8 Å². The zero-order valence-corrected chi connectivity index (χ0v) is 20.0. The van der Waals surface area contributed by atoms with Crippen LogP contribution in [0.1, 0.15) is 48.4 Å². The summed E-state index contributed by atoms with van der Waals surface area (Å²) in [6, 6.07) is 8.27. The summed E-state index contributed by atoms with van der Waals surface area (Å²) in [6.45, 7) is 12.4. The first-order chi connectivity index (χ1) is 14.5. The van der Waals surface area contributed by atoms with Gasteiger partial charge in [-0.1, -0.05) is 42.6 Å². The molecule has 1 saturated heterocycles. The molecule has 3 rings (SSSR count). The smallest absolute Gasteiger partial charge is 0.255 e. The number of nitrogens with zero attached hydrogens (tertiary/aromatic N) is 3. The summed E-state index contributed by atoms with van der Waals surface area (Å²) in [5, 5.41) is 7.85. The number of aromatic nitrogens is 2. The van der Waals surface area contributed by atoms with Crippen LogP contribution in [0.5, 0.6) is 0 Å². The zero-order chi connectivity index (χ0) is 21.7. The summed E-state index contributed by atoms with van der Waals surface area (Å²) in [4.78, 5) is 15.6. The summed E-state index contributed by atoms with van der Waals surface area (Å²) in [7, 11) is 0. The van der Waals surface area contributed by atoms with Crippen LogP contribution in [-0.4, -0.2) is 59.5 Å². The zero-order valence-electron chi connectivity index (χ0n) is 18.4. The molecule has 1 amide bonds. The van der Waals surface area contributed by atoms with Crippen molar-refractivity contribution in [2.45, 2.75) is 46.6 Å². The molecule has 1 N–H and O–H groups in total. The monoisotopic (exact) mass is 476 g/mol. The van der Waals surface area contributed by atoms with E-state index in [1.165, 1.54) is 0 Å². The van der Waals surface area contributed by atoms with E-state index in [9.17, 15) is 4.79 Å². The van der Waals surface area contributed by atoms with E-state index in [2.05, 4.69) is 45.1 Å². The number of benzene rings is 1. The van der Waals surface area contributed by atoms with Gasteiger partial charge in [-0.25, -0.2) is 4.68 Å². The summed E-state index contributed by atoms with van der Waals surface area (Å²) >= 11 is 3.46. The molecule has 1 unspecified atom stereocenters. The third-order valence-corrected chi connectivity index (χ3v) is 6.70. The lowest BCUT2D eigenvalue weighted by Gasteiger charge is -2.38. The Morgan fingerprint density at radius 2 is 1.80 bits per heavy atom. The molecule has 2 heterocycles. The van der Waals surface area contributed by atoms with Gasteiger partial charge in [0.25, 0.3) is 5.91 Å². The van der Waals surface area contributed by atoms with E-state index < -0.39 is 0 Å². The van der Waals surface area contributed by atoms with Crippen LogP contribution >= 0.6 is 15.9 Å². The lowest BCUT2D eigenvalue weighted by Crippen LogP contribution is -2.52. The number of rotatable bonds is 8. The van der Waals surface area contributed by atoms with E-state index in [0.717, 1.165) is 60.7 Å². The molecule has 1 atom stereocenters. The molecule has 0 saturated carbocycles. The van der Waals surface area contributed by atoms with Gasteiger partial charge in [0.1, 0.15) is 0 Å². The van der Waals surface area contributed by atoms with Gasteiger partial charge in [0, 0.05) is 30.1 Å². The molecule has 7 heteroatoms. The number of ether oxygens (including phenoxy) is 1. The fourth-order valence-electron chi connectivity index (χ4n) is 4.43. The van der Waals surface area contributed by atoms with Crippen molar-refractivity contribution in [1.29, 1.82) is 0 Å². The minimum absolute atomic E-state index is 0.0439. The Labute approximate surface area is 188 Å². The fourth-order valence-corrected chi connectivity index (χ4v) is 4.69. The highest BCUT2D eigenvalue weighted by Gasteiger charge is 2.28. The quantitative estimate of drug-likeness (QED) is 0.622. The van der Waals surface area contributed by atoms with Crippen molar-refractivity contribution in [2.24, 2.45) is 5.92 Å². The van der Waals surface area contributed by atoms with Crippen molar-refractivity contribution in [3.05, 3.63) is 45.7 Å². The maximum atomic E-state index is 13.2. The molecule has 164 valence electrons. The number of amides is 1. The topological polar surface area (TPSA) is 59.4 Å². The number of halogens is 1. The highest BCUT2D eigenvalue weighted by molar-refractivity contribution is 9.10. The van der Waals surface area contributed by atoms with Gasteiger partial charge in [0.2, 0.25) is 0 Å². The van der Waals surface area contributed by atoms with Gasteiger partial charge in [-0.15, -0.1) is 0 Å². The molecule has 6 nitrogen and oxygen atoms in total. The van der Waals surface area contributed by atoms with Gasteiger partial charge in [-0.3, -0.25) is 9.69 Å². The number of carbonyl (C=O) groups is 1. The summed E-state index contributed by atoms with van der Waals surface area (Å²) in [6.07, 6.45) is 2.21. The SMILES string of the molecule is CCC(CC)C(CNC(=O)c1c(C)nn(-c2ccc(Br)cc2)c1C)N1CCOCC1. The highest BCUT2D eigenvalue weighted by Crippen LogP contribution is 2.22. The predicted octanol–water partition coefficient (Wildman–Crippen LogP) is 4.12. The minimum atomic E-state index is -0.0439. The molecular formula is C23H33BrN4O2. The van der Waals surface area contributed by atoms with Crippen LogP contribution in [0.4, 0.5) is 0 Å². The second-order valence-corrected chi connectivity index (χ2v) is 8.85. The van der Waals surface area contributed by atoms with Crippen LogP contribution < -0.4 is 5.32 Å². The Bertz CT molecular complexity index is 840. The lowest BCUT2D eigenvalue weighted by molar-refractivity contribution is 0.00191. The van der Waals surface area contributed by atoms with Crippen molar-refractivity contribution >= 4 is 21.8 Å². The van der Waals surface area contributed by atoms with E-state index in [4.69, 9.17) is 4.74 Å². The number of nitrogens with one attached hydrogen (secondary N) is 1. The van der Waals surface area contributed by atoms with Crippen LogP contribution in [0.2, 0.25) is 0 Å². The van der Waals surface area contributed by atoms with Crippen LogP contribution in [0.3, 0.4) is 0 Å². The first-order valence-electron chi connectivity index (χ1n) is 10.9. The van der Waals surface area contributed by atoms with Crippen LogP contribution in [0, 0.1) is 19.8 Å². The van der Waals surface area contributed by atoms with Gasteiger partial charge in [0.15, 0.2) is 0 Å². The molecule has 1 aliphatic rings. The summed E-state index contributed by atoms with van der Waals surface area (Å²) < 4.78 is 8.39. The average Bonchev–Trinajstić information content (AvgIpc) is 3.06. The van der Waals surface area contributed by atoms with Crippen molar-refractivity contribution in [1.82, 2.24) is 20.0 Å². The Balaban J connectivity index is 1.76. The minimum Gasteiger partial charge on any atom is -0.379 e. The molecule has 1 aromatic heterocycles. The molecule has 1 aliphatic heterocycles. The molecule has 1 aromatic carbocycles. The Morgan fingerprint density at radius 3 is 2.40 bits per heavy atom. The highest BCUT2D eigenvalue weighted by atomic mass is 79.9. The van der Waals surface area contributed by atoms with Crippen LogP contribution in [-0.2, 0) is 4.74 Å². The second-order valence-electron chi connectivity index (χ2n) is 7.94. The maximum absolute atomic E-state index is 13.2. The number of hydrogen-bond donors (Lipinski definition) is 1. The molecule has 0 spiro atoms. The Morgan fingerprint density at radius 1 is 1.17 bits per heavy atom. The van der Waals surface area contributed by atoms with Gasteiger partial charge in [0.05, 0.1) is 35.9 Å². The van der Waals surface area contributed by atoms with E-state index in [0.29, 0.717) is 24.1 Å². The molecule has 30 heavy (non-hydrogen) atoms. The summed E-state index contributed by atoms with van der Waals surface area (Å²) in [5.41, 5.74) is 3.22. The van der Waals surface area contributed by atoms with Crippen molar-refractivity contribution < 1.29 is 9.53 Å². The first kappa shape index (κ1) is 23.0. The lowest BCUT2D eigenvalue weighted by atomic mass is 9.92. The molecule has 1 fully saturated rings. The maximum Gasteiger partial charge on any atom is 0.255 e. The summed E-state index contributed by atoms with van der Waals surface area (Å²) in [5.74, 6) is 0.508. The molecule has 0 aliphatic carbocycles. The van der Waals surface area contributed by atoms with Crippen LogP contribution in [0.25, 0.3) is 5.69 Å². The third kappa shape index (κ3) is 5.13. The molecular weight excluding hydrogens is 444 g/mol. The fraction of sp³-hybridized carbons (Fsp3) is 0.565. The molecule has 2 aromatic rings. The Kier molecular flexibility index (Phi) is 8.08. The molecule has 0 bridgehead atoms. The number of aryl methyl sites for hydroxylation is 1. The van der Waals surface area contributed by atoms with E-state index in [1.54, 1.807) is 0 Å². The van der Waals surface area contributed by atoms with Crippen molar-refractivity contribution in [3.63, 3.8) is 0 Å². The predicted molar refractivity (Wildman–Crippen MR) is 123 cm³/mol. The first-order valence-corrected chi connectivity index (χ1v) is 11.7. The Hall–Kier alpha value is -1.70.